The van der Waals surface area contributed by atoms with Crippen LogP contribution in [0.15, 0.2) is 43.0 Å². The molecule has 1 unspecified atom stereocenters. The molecule has 2 aromatic rings. The summed E-state index contributed by atoms with van der Waals surface area (Å²) in [5.74, 6) is 1.11. The van der Waals surface area contributed by atoms with E-state index in [2.05, 4.69) is 10.3 Å². The number of hydrogen-bond donors (Lipinski definition) is 1. The van der Waals surface area contributed by atoms with Gasteiger partial charge in [0, 0.05) is 30.5 Å². The molecule has 1 aliphatic rings. The number of benzene rings is 1. The zero-order valence-electron chi connectivity index (χ0n) is 12.2. The van der Waals surface area contributed by atoms with Crippen LogP contribution in [0, 0.1) is 11.3 Å². The highest BCUT2D eigenvalue weighted by atomic mass is 16.5. The molecule has 2 heterocycles. The summed E-state index contributed by atoms with van der Waals surface area (Å²) in [5, 5.41) is 2.89. The van der Waals surface area contributed by atoms with Crippen molar-refractivity contribution in [3.05, 3.63) is 43.0 Å². The predicted octanol–water partition coefficient (Wildman–Crippen LogP) is 2.02. The predicted molar refractivity (Wildman–Crippen MR) is 79.3 cm³/mol. The van der Waals surface area contributed by atoms with E-state index in [9.17, 15) is 4.79 Å². The minimum absolute atomic E-state index is 0.103. The molecule has 5 heteroatoms. The molecule has 0 saturated carbocycles. The smallest absolute Gasteiger partial charge is 0.226 e. The van der Waals surface area contributed by atoms with Crippen molar-refractivity contribution in [1.29, 1.82) is 0 Å². The van der Waals surface area contributed by atoms with Crippen molar-refractivity contribution in [3.63, 3.8) is 0 Å². The fraction of sp³-hybridized carbons (Fsp3) is 0.375. The van der Waals surface area contributed by atoms with Crippen LogP contribution >= 0.6 is 0 Å². The lowest BCUT2D eigenvalue weighted by Crippen LogP contribution is -2.31. The molecule has 5 nitrogen and oxygen atoms in total. The minimum atomic E-state index is -0.364. The van der Waals surface area contributed by atoms with Crippen molar-refractivity contribution in [2.45, 2.75) is 13.8 Å². The summed E-state index contributed by atoms with van der Waals surface area (Å²) in [6.07, 6.45) is 5.40. The van der Waals surface area contributed by atoms with Crippen LogP contribution in [0.1, 0.15) is 13.8 Å². The molecule has 110 valence electrons. The number of amides is 1. The zero-order valence-corrected chi connectivity index (χ0v) is 12.2. The highest BCUT2D eigenvalue weighted by molar-refractivity contribution is 5.84. The molecule has 1 aliphatic heterocycles. The monoisotopic (exact) mass is 285 g/mol. The first kappa shape index (κ1) is 13.7. The first-order valence-corrected chi connectivity index (χ1v) is 7.07. The van der Waals surface area contributed by atoms with Gasteiger partial charge >= 0.3 is 0 Å². The number of imidazole rings is 1. The van der Waals surface area contributed by atoms with Gasteiger partial charge in [-0.15, -0.1) is 0 Å². The topological polar surface area (TPSA) is 56.1 Å². The maximum absolute atomic E-state index is 11.7. The highest BCUT2D eigenvalue weighted by Gasteiger charge is 2.42. The van der Waals surface area contributed by atoms with Gasteiger partial charge in [0.05, 0.1) is 18.3 Å². The lowest BCUT2D eigenvalue weighted by molar-refractivity contribution is -0.127. The Hall–Kier alpha value is -2.30. The van der Waals surface area contributed by atoms with E-state index >= 15 is 0 Å². The van der Waals surface area contributed by atoms with Crippen LogP contribution in [0.4, 0.5) is 0 Å². The largest absolute Gasteiger partial charge is 0.493 e. The van der Waals surface area contributed by atoms with Crippen molar-refractivity contribution >= 4 is 5.91 Å². The van der Waals surface area contributed by atoms with E-state index in [-0.39, 0.29) is 17.2 Å². The molecule has 1 N–H and O–H groups in total. The molecule has 1 atom stereocenters. The van der Waals surface area contributed by atoms with Gasteiger partial charge in [0.1, 0.15) is 5.75 Å². The standard InChI is InChI=1S/C16H19N3O2/c1-16(2)12(9-18-15(16)20)10-21-14-5-3-13(4-6-14)19-8-7-17-11-19/h3-8,11-12H,9-10H2,1-2H3,(H,18,20). The van der Waals surface area contributed by atoms with Gasteiger partial charge in [-0.1, -0.05) is 13.8 Å². The number of hydrogen-bond acceptors (Lipinski definition) is 3. The van der Waals surface area contributed by atoms with Crippen LogP contribution in [-0.4, -0.2) is 28.6 Å². The Morgan fingerprint density at radius 1 is 1.38 bits per heavy atom. The maximum Gasteiger partial charge on any atom is 0.226 e. The van der Waals surface area contributed by atoms with E-state index in [1.165, 1.54) is 0 Å². The Balaban J connectivity index is 1.63. The fourth-order valence-corrected chi connectivity index (χ4v) is 2.47. The van der Waals surface area contributed by atoms with Crippen LogP contribution in [0.25, 0.3) is 5.69 Å². The summed E-state index contributed by atoms with van der Waals surface area (Å²) in [6, 6.07) is 7.85. The Labute approximate surface area is 124 Å². The number of rotatable bonds is 4. The summed E-state index contributed by atoms with van der Waals surface area (Å²) in [5.41, 5.74) is 0.675. The molecular formula is C16H19N3O2. The number of nitrogens with zero attached hydrogens (tertiary/aromatic N) is 2. The van der Waals surface area contributed by atoms with Gasteiger partial charge in [0.25, 0.3) is 0 Å². The number of carbonyl (C=O) groups is 1. The van der Waals surface area contributed by atoms with Crippen LogP contribution < -0.4 is 10.1 Å². The second-order valence-corrected chi connectivity index (χ2v) is 5.90. The number of ether oxygens (including phenoxy) is 1. The van der Waals surface area contributed by atoms with Gasteiger partial charge in [0.2, 0.25) is 5.91 Å². The highest BCUT2D eigenvalue weighted by Crippen LogP contribution is 2.31. The molecule has 1 fully saturated rings. The van der Waals surface area contributed by atoms with Gasteiger partial charge in [-0.05, 0) is 24.3 Å². The summed E-state index contributed by atoms with van der Waals surface area (Å²) in [7, 11) is 0. The normalized spacial score (nSPS) is 20.3. The lowest BCUT2D eigenvalue weighted by Gasteiger charge is -2.23. The second kappa shape index (κ2) is 5.24. The van der Waals surface area contributed by atoms with Crippen molar-refractivity contribution in [1.82, 2.24) is 14.9 Å². The van der Waals surface area contributed by atoms with E-state index in [1.807, 2.05) is 48.9 Å². The molecule has 0 bridgehead atoms. The molecule has 1 saturated heterocycles. The first-order valence-electron chi connectivity index (χ1n) is 7.07. The summed E-state index contributed by atoms with van der Waals surface area (Å²) in [4.78, 5) is 15.7. The van der Waals surface area contributed by atoms with Crippen molar-refractivity contribution in [2.75, 3.05) is 13.2 Å². The summed E-state index contributed by atoms with van der Waals surface area (Å²) >= 11 is 0. The van der Waals surface area contributed by atoms with E-state index in [0.717, 1.165) is 11.4 Å². The number of carbonyl (C=O) groups excluding carboxylic acids is 1. The lowest BCUT2D eigenvalue weighted by atomic mass is 9.82. The van der Waals surface area contributed by atoms with E-state index in [4.69, 9.17) is 4.74 Å². The van der Waals surface area contributed by atoms with E-state index < -0.39 is 0 Å². The molecule has 1 aromatic heterocycles. The third-order valence-electron chi connectivity index (χ3n) is 4.21. The SMILES string of the molecule is CC1(C)C(=O)NCC1COc1ccc(-n2ccnc2)cc1. The number of nitrogens with one attached hydrogen (secondary N) is 1. The second-order valence-electron chi connectivity index (χ2n) is 5.90. The Morgan fingerprint density at radius 3 is 2.71 bits per heavy atom. The molecule has 0 spiro atoms. The molecule has 3 rings (SSSR count). The van der Waals surface area contributed by atoms with Gasteiger partial charge in [-0.2, -0.15) is 0 Å². The van der Waals surface area contributed by atoms with Gasteiger partial charge in [0.15, 0.2) is 0 Å². The summed E-state index contributed by atoms with van der Waals surface area (Å²) < 4.78 is 7.77. The van der Waals surface area contributed by atoms with Crippen molar-refractivity contribution in [2.24, 2.45) is 11.3 Å². The molecule has 0 radical (unpaired) electrons. The van der Waals surface area contributed by atoms with Gasteiger partial charge in [-0.25, -0.2) is 4.98 Å². The fourth-order valence-electron chi connectivity index (χ4n) is 2.47. The first-order chi connectivity index (χ1) is 10.1. The Bertz CT molecular complexity index is 617. The molecule has 1 aromatic carbocycles. The van der Waals surface area contributed by atoms with Crippen molar-refractivity contribution < 1.29 is 9.53 Å². The third-order valence-corrected chi connectivity index (χ3v) is 4.21. The van der Waals surface area contributed by atoms with Gasteiger partial charge < -0.3 is 14.6 Å². The molecule has 1 amide bonds. The Kier molecular flexibility index (Phi) is 3.41. The molecule has 0 aliphatic carbocycles. The van der Waals surface area contributed by atoms with Gasteiger partial charge in [-0.3, -0.25) is 4.79 Å². The zero-order chi connectivity index (χ0) is 14.9. The molecular weight excluding hydrogens is 266 g/mol. The van der Waals surface area contributed by atoms with Crippen LogP contribution in [0.3, 0.4) is 0 Å². The minimum Gasteiger partial charge on any atom is -0.493 e. The van der Waals surface area contributed by atoms with Crippen LogP contribution in [0.2, 0.25) is 0 Å². The quantitative estimate of drug-likeness (QED) is 0.935. The molecule has 21 heavy (non-hydrogen) atoms. The average Bonchev–Trinajstić information content (AvgIpc) is 3.08. The third kappa shape index (κ3) is 2.63. The van der Waals surface area contributed by atoms with Crippen LogP contribution in [0.5, 0.6) is 5.75 Å². The average molecular weight is 285 g/mol. The van der Waals surface area contributed by atoms with Crippen molar-refractivity contribution in [3.8, 4) is 11.4 Å². The summed E-state index contributed by atoms with van der Waals surface area (Å²) in [6.45, 7) is 5.14. The van der Waals surface area contributed by atoms with E-state index in [1.54, 1.807) is 12.5 Å². The number of aromatic nitrogens is 2. The Morgan fingerprint density at radius 2 is 2.14 bits per heavy atom. The van der Waals surface area contributed by atoms with Crippen LogP contribution in [-0.2, 0) is 4.79 Å². The van der Waals surface area contributed by atoms with E-state index in [0.29, 0.717) is 13.2 Å². The maximum atomic E-state index is 11.7.